The fourth-order valence-corrected chi connectivity index (χ4v) is 8.76. The van der Waals surface area contributed by atoms with Crippen molar-refractivity contribution in [2.24, 2.45) is 23.7 Å². The first kappa shape index (κ1) is 27.4. The Bertz CT molecular complexity index is 2000. The lowest BCUT2D eigenvalue weighted by Gasteiger charge is -2.55. The Kier molecular flexibility index (Phi) is 6.05. The number of nitrogens with zero attached hydrogens (tertiary/aromatic N) is 1. The van der Waals surface area contributed by atoms with Crippen LogP contribution in [0.5, 0.6) is 5.75 Å². The Morgan fingerprint density at radius 1 is 0.756 bits per heavy atom. The van der Waals surface area contributed by atoms with Crippen molar-refractivity contribution in [2.75, 3.05) is 0 Å². The van der Waals surface area contributed by atoms with Gasteiger partial charge in [-0.3, -0.25) is 24.4 Å². The Morgan fingerprint density at radius 3 is 2.20 bits per heavy atom. The van der Waals surface area contributed by atoms with Gasteiger partial charge in [-0.2, -0.15) is 5.06 Å². The molecule has 2 N–H and O–H groups in total. The normalized spacial score (nSPS) is 29.2. The predicted molar refractivity (Wildman–Crippen MR) is 166 cm³/mol. The van der Waals surface area contributed by atoms with Gasteiger partial charge in [0.1, 0.15) is 5.75 Å². The molecule has 4 aromatic carbocycles. The van der Waals surface area contributed by atoms with E-state index in [1.807, 2.05) is 84.9 Å². The van der Waals surface area contributed by atoms with E-state index in [0.29, 0.717) is 22.3 Å². The summed E-state index contributed by atoms with van der Waals surface area (Å²) in [5.74, 6) is -5.87. The van der Waals surface area contributed by atoms with Gasteiger partial charge in [0, 0.05) is 23.0 Å². The van der Waals surface area contributed by atoms with E-state index < -0.39 is 46.8 Å². The third-order valence-corrected chi connectivity index (χ3v) is 10.6. The highest BCUT2D eigenvalue weighted by atomic mass is 16.5. The molecule has 4 aliphatic rings. The number of amides is 2. The molecule has 0 spiro atoms. The molecule has 0 bridgehead atoms. The molecular weight excluding hydrogens is 566 g/mol. The number of aromatic hydroxyl groups is 1. The number of carbonyl (C=O) groups is 4. The summed E-state index contributed by atoms with van der Waals surface area (Å²) >= 11 is 0. The largest absolute Gasteiger partial charge is 0.508 e. The molecule has 0 radical (unpaired) electrons. The molecule has 2 fully saturated rings. The lowest BCUT2D eigenvalue weighted by Crippen LogP contribution is -2.58. The van der Waals surface area contributed by atoms with Gasteiger partial charge < -0.3 is 5.11 Å². The number of rotatable bonds is 3. The van der Waals surface area contributed by atoms with Gasteiger partial charge in [0.05, 0.1) is 17.3 Å². The van der Waals surface area contributed by atoms with E-state index in [0.717, 1.165) is 16.3 Å². The maximum absolute atomic E-state index is 15.1. The number of carbonyl (C=O) groups excluding carboxylic acids is 4. The van der Waals surface area contributed by atoms with E-state index in [-0.39, 0.29) is 35.2 Å². The van der Waals surface area contributed by atoms with Crippen molar-refractivity contribution in [1.82, 2.24) is 5.06 Å². The number of Topliss-reactive ketones (excluding diaryl/α,β-unsaturated/α-hetero) is 1. The lowest BCUT2D eigenvalue weighted by molar-refractivity contribution is -0.173. The number of fused-ring (bicyclic) bond motifs is 5. The molecule has 0 aromatic heterocycles. The summed E-state index contributed by atoms with van der Waals surface area (Å²) < 4.78 is 0. The minimum atomic E-state index is -1.45. The van der Waals surface area contributed by atoms with Crippen LogP contribution in [0.1, 0.15) is 35.4 Å². The van der Waals surface area contributed by atoms with Gasteiger partial charge in [0.25, 0.3) is 11.8 Å². The summed E-state index contributed by atoms with van der Waals surface area (Å²) in [7, 11) is 0. The van der Waals surface area contributed by atoms with Crippen LogP contribution in [0.4, 0.5) is 0 Å². The molecule has 6 atom stereocenters. The van der Waals surface area contributed by atoms with Crippen LogP contribution in [0.15, 0.2) is 115 Å². The third-order valence-electron chi connectivity index (χ3n) is 10.6. The molecule has 3 aliphatic carbocycles. The highest BCUT2D eigenvalue weighted by Gasteiger charge is 2.66. The van der Waals surface area contributed by atoms with Gasteiger partial charge in [-0.15, -0.1) is 0 Å². The summed E-state index contributed by atoms with van der Waals surface area (Å²) in [6, 6.07) is 29.4. The second-order valence-electron chi connectivity index (χ2n) is 12.5. The molecule has 45 heavy (non-hydrogen) atoms. The minimum absolute atomic E-state index is 0.0212. The molecule has 1 aliphatic heterocycles. The van der Waals surface area contributed by atoms with Gasteiger partial charge in [-0.05, 0) is 52.8 Å². The number of benzene rings is 4. The van der Waals surface area contributed by atoms with E-state index >= 15 is 4.79 Å². The molecule has 0 unspecified atom stereocenters. The van der Waals surface area contributed by atoms with Crippen molar-refractivity contribution in [3.8, 4) is 5.75 Å². The Hall–Kier alpha value is -5.14. The molecular formula is C38H29NO6. The van der Waals surface area contributed by atoms with E-state index in [1.165, 1.54) is 6.08 Å². The van der Waals surface area contributed by atoms with Crippen LogP contribution in [0, 0.1) is 23.7 Å². The standard InChI is InChI=1S/C38H29NO6/c40-30-18-15-22-11-7-8-14-24(22)33(30)34-25-16-17-26-32(37(44)39(45)36(26)43)28(25)19-29-35(42)27(21-9-3-1-4-10-21)20-31(41)38(29,34)23-12-5-2-6-13-23/h1-16,18,20,26,28-29,32,34,40,45H,17,19H2/t26-,28+,29-,32-,34+,38-/m0/s1. The third kappa shape index (κ3) is 3.68. The van der Waals surface area contributed by atoms with Gasteiger partial charge in [0.2, 0.25) is 0 Å². The minimum Gasteiger partial charge on any atom is -0.508 e. The van der Waals surface area contributed by atoms with Crippen LogP contribution < -0.4 is 0 Å². The molecule has 1 heterocycles. The molecule has 2 amide bonds. The first-order valence-electron chi connectivity index (χ1n) is 15.2. The first-order valence-corrected chi connectivity index (χ1v) is 15.2. The second kappa shape index (κ2) is 9.94. The zero-order valence-electron chi connectivity index (χ0n) is 24.2. The number of phenolic OH excluding ortho intramolecular Hbond substituents is 1. The summed E-state index contributed by atoms with van der Waals surface area (Å²) in [6.07, 6.45) is 3.70. The Balaban J connectivity index is 1.47. The molecule has 8 rings (SSSR count). The Morgan fingerprint density at radius 2 is 1.44 bits per heavy atom. The molecule has 1 saturated carbocycles. The van der Waals surface area contributed by atoms with Gasteiger partial charge in [-0.1, -0.05) is 103 Å². The number of hydrogen-bond donors (Lipinski definition) is 2. The van der Waals surface area contributed by atoms with Crippen molar-refractivity contribution in [3.63, 3.8) is 0 Å². The SMILES string of the molecule is O=C1C(c2ccccc2)=CC(=O)[C@@]2(c3ccccc3)[C@@H](c3c(O)ccc4ccccc34)C3=CC[C@@H]4C(=O)N(O)C(=O)[C@@H]4[C@@H]3C[C@@H]12. The number of hydroxylamine groups is 2. The Labute approximate surface area is 259 Å². The summed E-state index contributed by atoms with van der Waals surface area (Å²) in [6.45, 7) is 0. The number of allylic oxidation sites excluding steroid dienone is 4. The molecule has 7 heteroatoms. The topological polar surface area (TPSA) is 112 Å². The van der Waals surface area contributed by atoms with Gasteiger partial charge >= 0.3 is 0 Å². The van der Waals surface area contributed by atoms with E-state index in [9.17, 15) is 24.7 Å². The van der Waals surface area contributed by atoms with Crippen LogP contribution in [0.2, 0.25) is 0 Å². The quantitative estimate of drug-likeness (QED) is 0.177. The first-order chi connectivity index (χ1) is 21.8. The van der Waals surface area contributed by atoms with E-state index in [4.69, 9.17) is 0 Å². The van der Waals surface area contributed by atoms with Crippen LogP contribution in [-0.2, 0) is 24.6 Å². The van der Waals surface area contributed by atoms with Crippen molar-refractivity contribution in [1.29, 1.82) is 0 Å². The van der Waals surface area contributed by atoms with Crippen molar-refractivity contribution in [3.05, 3.63) is 131 Å². The predicted octanol–water partition coefficient (Wildman–Crippen LogP) is 5.76. The highest BCUT2D eigenvalue weighted by molar-refractivity contribution is 6.31. The zero-order chi connectivity index (χ0) is 31.0. The van der Waals surface area contributed by atoms with E-state index in [1.54, 1.807) is 18.2 Å². The maximum atomic E-state index is 15.1. The number of phenols is 1. The van der Waals surface area contributed by atoms with E-state index in [2.05, 4.69) is 0 Å². The zero-order valence-corrected chi connectivity index (χ0v) is 24.2. The van der Waals surface area contributed by atoms with Crippen LogP contribution >= 0.6 is 0 Å². The fraction of sp³-hybridized carbons (Fsp3) is 0.211. The van der Waals surface area contributed by atoms with Crippen molar-refractivity contribution in [2.45, 2.75) is 24.2 Å². The summed E-state index contributed by atoms with van der Waals surface area (Å²) in [5.41, 5.74) is 1.36. The monoisotopic (exact) mass is 595 g/mol. The molecule has 4 aromatic rings. The highest BCUT2D eigenvalue weighted by Crippen LogP contribution is 2.65. The fourth-order valence-electron chi connectivity index (χ4n) is 8.76. The van der Waals surface area contributed by atoms with Crippen molar-refractivity contribution >= 4 is 39.7 Å². The van der Waals surface area contributed by atoms with Crippen molar-refractivity contribution < 1.29 is 29.5 Å². The number of hydrogen-bond acceptors (Lipinski definition) is 6. The van der Waals surface area contributed by atoms with Crippen LogP contribution in [0.25, 0.3) is 16.3 Å². The average molecular weight is 596 g/mol. The summed E-state index contributed by atoms with van der Waals surface area (Å²) in [5, 5.41) is 23.9. The molecule has 1 saturated heterocycles. The van der Waals surface area contributed by atoms with Gasteiger partial charge in [-0.25, -0.2) is 0 Å². The number of ketones is 2. The number of imide groups is 1. The smallest absolute Gasteiger partial charge is 0.257 e. The molecule has 222 valence electrons. The lowest BCUT2D eigenvalue weighted by atomic mass is 9.44. The maximum Gasteiger partial charge on any atom is 0.257 e. The average Bonchev–Trinajstić information content (AvgIpc) is 3.30. The van der Waals surface area contributed by atoms with Crippen LogP contribution in [0.3, 0.4) is 0 Å². The second-order valence-corrected chi connectivity index (χ2v) is 12.5. The van der Waals surface area contributed by atoms with Crippen LogP contribution in [-0.4, -0.2) is 38.8 Å². The summed E-state index contributed by atoms with van der Waals surface area (Å²) in [4.78, 5) is 56.4. The van der Waals surface area contributed by atoms with Gasteiger partial charge in [0.15, 0.2) is 11.6 Å². The molecule has 7 nitrogen and oxygen atoms in total.